The smallest absolute Gasteiger partial charge is 0.258 e. The normalized spacial score (nSPS) is 10.4. The summed E-state index contributed by atoms with van der Waals surface area (Å²) in [6.07, 6.45) is 0. The van der Waals surface area contributed by atoms with E-state index in [0.29, 0.717) is 11.7 Å². The second-order valence-corrected chi connectivity index (χ2v) is 4.81. The van der Waals surface area contributed by atoms with Crippen LogP contribution < -0.4 is 10.6 Å². The Balaban J connectivity index is 2.07. The fourth-order valence-electron chi connectivity index (χ4n) is 1.83. The quantitative estimate of drug-likeness (QED) is 0.886. The van der Waals surface area contributed by atoms with E-state index in [1.165, 1.54) is 12.1 Å². The lowest BCUT2D eigenvalue weighted by Crippen LogP contribution is -2.14. The van der Waals surface area contributed by atoms with Crippen LogP contribution in [0.25, 0.3) is 0 Å². The first kappa shape index (κ1) is 14.1. The number of hydrogen-bond acceptors (Lipinski definition) is 2. The molecular formula is C16H17FN2O. The molecule has 4 heteroatoms. The molecule has 0 aliphatic heterocycles. The van der Waals surface area contributed by atoms with Crippen LogP contribution in [0, 0.1) is 5.82 Å². The second-order valence-electron chi connectivity index (χ2n) is 4.81. The molecule has 0 radical (unpaired) electrons. The van der Waals surface area contributed by atoms with Crippen molar-refractivity contribution in [3.63, 3.8) is 0 Å². The number of rotatable bonds is 4. The highest BCUT2D eigenvalue weighted by Gasteiger charge is 2.10. The number of halogens is 1. The van der Waals surface area contributed by atoms with Crippen LogP contribution in [-0.4, -0.2) is 11.9 Å². The third-order valence-electron chi connectivity index (χ3n) is 2.72. The molecule has 0 spiro atoms. The van der Waals surface area contributed by atoms with Crippen molar-refractivity contribution in [2.75, 3.05) is 10.6 Å². The number of hydrogen-bond donors (Lipinski definition) is 2. The van der Waals surface area contributed by atoms with Crippen molar-refractivity contribution >= 4 is 17.3 Å². The summed E-state index contributed by atoms with van der Waals surface area (Å²) in [5.41, 5.74) is 1.65. The average molecular weight is 272 g/mol. The molecule has 0 saturated carbocycles. The third kappa shape index (κ3) is 3.57. The van der Waals surface area contributed by atoms with Gasteiger partial charge in [0.2, 0.25) is 0 Å². The molecule has 0 fully saturated rings. The van der Waals surface area contributed by atoms with Gasteiger partial charge in [0.05, 0.1) is 5.56 Å². The molecule has 2 aromatic rings. The summed E-state index contributed by atoms with van der Waals surface area (Å²) in [5, 5.41) is 5.93. The van der Waals surface area contributed by atoms with Crippen LogP contribution in [0.5, 0.6) is 0 Å². The van der Waals surface area contributed by atoms with Crippen molar-refractivity contribution in [2.45, 2.75) is 19.9 Å². The summed E-state index contributed by atoms with van der Waals surface area (Å²) in [5.74, 6) is -0.976. The molecule has 0 heterocycles. The number of carbonyl (C=O) groups is 1. The number of amides is 1. The SMILES string of the molecule is CC(C)Nc1ccc(NC(=O)c2ccccc2F)cc1. The molecule has 2 aromatic carbocycles. The number of benzene rings is 2. The van der Waals surface area contributed by atoms with E-state index in [0.717, 1.165) is 5.69 Å². The van der Waals surface area contributed by atoms with Gasteiger partial charge in [0.15, 0.2) is 0 Å². The molecule has 0 bridgehead atoms. The monoisotopic (exact) mass is 272 g/mol. The highest BCUT2D eigenvalue weighted by atomic mass is 19.1. The second kappa shape index (κ2) is 6.19. The lowest BCUT2D eigenvalue weighted by molar-refractivity contribution is 0.102. The van der Waals surface area contributed by atoms with Gasteiger partial charge >= 0.3 is 0 Å². The predicted octanol–water partition coefficient (Wildman–Crippen LogP) is 3.90. The van der Waals surface area contributed by atoms with Gasteiger partial charge in [0.25, 0.3) is 5.91 Å². The van der Waals surface area contributed by atoms with Crippen molar-refractivity contribution in [1.29, 1.82) is 0 Å². The Labute approximate surface area is 117 Å². The van der Waals surface area contributed by atoms with E-state index in [1.807, 2.05) is 26.0 Å². The molecule has 0 unspecified atom stereocenters. The summed E-state index contributed by atoms with van der Waals surface area (Å²) in [4.78, 5) is 11.9. The Morgan fingerprint density at radius 3 is 2.20 bits per heavy atom. The first-order chi connectivity index (χ1) is 9.56. The van der Waals surface area contributed by atoms with Gasteiger partial charge in [-0.15, -0.1) is 0 Å². The molecule has 0 aliphatic rings. The van der Waals surface area contributed by atoms with Crippen LogP contribution in [0.4, 0.5) is 15.8 Å². The van der Waals surface area contributed by atoms with Crippen LogP contribution in [0.1, 0.15) is 24.2 Å². The van der Waals surface area contributed by atoms with Gasteiger partial charge in [-0.3, -0.25) is 4.79 Å². The van der Waals surface area contributed by atoms with Gasteiger partial charge in [-0.2, -0.15) is 0 Å². The van der Waals surface area contributed by atoms with Crippen LogP contribution in [0.2, 0.25) is 0 Å². The van der Waals surface area contributed by atoms with E-state index in [2.05, 4.69) is 10.6 Å². The highest BCUT2D eigenvalue weighted by Crippen LogP contribution is 2.16. The molecule has 3 nitrogen and oxygen atoms in total. The fourth-order valence-corrected chi connectivity index (χ4v) is 1.83. The van der Waals surface area contributed by atoms with Crippen LogP contribution >= 0.6 is 0 Å². The predicted molar refractivity (Wildman–Crippen MR) is 79.6 cm³/mol. The Morgan fingerprint density at radius 1 is 1.00 bits per heavy atom. The van der Waals surface area contributed by atoms with Crippen LogP contribution in [0.15, 0.2) is 48.5 Å². The summed E-state index contributed by atoms with van der Waals surface area (Å²) >= 11 is 0. The summed E-state index contributed by atoms with van der Waals surface area (Å²) in [6.45, 7) is 4.10. The highest BCUT2D eigenvalue weighted by molar-refractivity contribution is 6.04. The first-order valence-corrected chi connectivity index (χ1v) is 6.49. The molecule has 2 N–H and O–H groups in total. The maximum Gasteiger partial charge on any atom is 0.258 e. The Hall–Kier alpha value is -2.36. The molecule has 0 aliphatic carbocycles. The van der Waals surface area contributed by atoms with Crippen molar-refractivity contribution in [3.05, 3.63) is 59.9 Å². The van der Waals surface area contributed by atoms with Crippen molar-refractivity contribution in [1.82, 2.24) is 0 Å². The van der Waals surface area contributed by atoms with Crippen LogP contribution in [0.3, 0.4) is 0 Å². The zero-order valence-electron chi connectivity index (χ0n) is 11.5. The molecule has 1 amide bonds. The van der Waals surface area contributed by atoms with Crippen molar-refractivity contribution in [2.24, 2.45) is 0 Å². The molecule has 0 atom stereocenters. The van der Waals surface area contributed by atoms with Gasteiger partial charge < -0.3 is 10.6 Å². The van der Waals surface area contributed by atoms with E-state index < -0.39 is 11.7 Å². The van der Waals surface area contributed by atoms with Gasteiger partial charge in [0, 0.05) is 17.4 Å². The summed E-state index contributed by atoms with van der Waals surface area (Å²) < 4.78 is 13.5. The Morgan fingerprint density at radius 2 is 1.60 bits per heavy atom. The molecular weight excluding hydrogens is 255 g/mol. The number of carbonyl (C=O) groups excluding carboxylic acids is 1. The van der Waals surface area contributed by atoms with Gasteiger partial charge in [-0.25, -0.2) is 4.39 Å². The molecule has 0 saturated heterocycles. The van der Waals surface area contributed by atoms with E-state index in [1.54, 1.807) is 24.3 Å². The molecule has 2 rings (SSSR count). The van der Waals surface area contributed by atoms with Crippen LogP contribution in [-0.2, 0) is 0 Å². The van der Waals surface area contributed by atoms with E-state index in [9.17, 15) is 9.18 Å². The summed E-state index contributed by atoms with van der Waals surface area (Å²) in [6, 6.07) is 13.6. The maximum atomic E-state index is 13.5. The van der Waals surface area contributed by atoms with E-state index in [-0.39, 0.29) is 5.56 Å². The topological polar surface area (TPSA) is 41.1 Å². The zero-order valence-corrected chi connectivity index (χ0v) is 11.5. The van der Waals surface area contributed by atoms with Crippen molar-refractivity contribution < 1.29 is 9.18 Å². The van der Waals surface area contributed by atoms with Crippen molar-refractivity contribution in [3.8, 4) is 0 Å². The third-order valence-corrected chi connectivity index (χ3v) is 2.72. The average Bonchev–Trinajstić information content (AvgIpc) is 2.41. The fraction of sp³-hybridized carbons (Fsp3) is 0.188. The minimum atomic E-state index is -0.525. The van der Waals surface area contributed by atoms with E-state index >= 15 is 0 Å². The molecule has 20 heavy (non-hydrogen) atoms. The standard InChI is InChI=1S/C16H17FN2O/c1-11(2)18-12-7-9-13(10-8-12)19-16(20)14-5-3-4-6-15(14)17/h3-11,18H,1-2H3,(H,19,20). The Kier molecular flexibility index (Phi) is 4.35. The minimum absolute atomic E-state index is 0.0388. The Bertz CT molecular complexity index is 594. The van der Waals surface area contributed by atoms with Gasteiger partial charge in [-0.1, -0.05) is 12.1 Å². The van der Waals surface area contributed by atoms with Gasteiger partial charge in [-0.05, 0) is 50.2 Å². The zero-order chi connectivity index (χ0) is 14.5. The number of anilines is 2. The lowest BCUT2D eigenvalue weighted by atomic mass is 10.2. The molecule has 0 aromatic heterocycles. The van der Waals surface area contributed by atoms with E-state index in [4.69, 9.17) is 0 Å². The maximum absolute atomic E-state index is 13.5. The first-order valence-electron chi connectivity index (χ1n) is 6.49. The number of nitrogens with one attached hydrogen (secondary N) is 2. The minimum Gasteiger partial charge on any atom is -0.383 e. The summed E-state index contributed by atoms with van der Waals surface area (Å²) in [7, 11) is 0. The molecule has 104 valence electrons. The largest absolute Gasteiger partial charge is 0.383 e. The van der Waals surface area contributed by atoms with Gasteiger partial charge in [0.1, 0.15) is 5.82 Å². The lowest BCUT2D eigenvalue weighted by Gasteiger charge is -2.11.